The number of carbonyl (C=O) groups excluding carboxylic acids is 2. The molecule has 0 atom stereocenters. The zero-order chi connectivity index (χ0) is 23.9. The van der Waals surface area contributed by atoms with E-state index in [-0.39, 0.29) is 17.7 Å². The third-order valence-corrected chi connectivity index (χ3v) is 5.40. The third kappa shape index (κ3) is 4.47. The maximum atomic E-state index is 13.4. The lowest BCUT2D eigenvalue weighted by Gasteiger charge is -2.12. The molecule has 33 heavy (non-hydrogen) atoms. The number of benzene rings is 1. The van der Waals surface area contributed by atoms with Gasteiger partial charge in [0.1, 0.15) is 11.5 Å². The van der Waals surface area contributed by atoms with Gasteiger partial charge in [0, 0.05) is 17.2 Å². The van der Waals surface area contributed by atoms with Crippen molar-refractivity contribution in [2.75, 3.05) is 5.32 Å². The average molecular weight is 467 g/mol. The van der Waals surface area contributed by atoms with Crippen LogP contribution in [0.15, 0.2) is 39.3 Å². The largest absolute Gasteiger partial charge is 0.466 e. The zero-order valence-electron chi connectivity index (χ0n) is 18.9. The first-order chi connectivity index (χ1) is 15.6. The van der Waals surface area contributed by atoms with Crippen LogP contribution in [0.2, 0.25) is 5.02 Å². The summed E-state index contributed by atoms with van der Waals surface area (Å²) >= 11 is 6.32. The number of pyridine rings is 1. The molecule has 8 nitrogen and oxygen atoms in total. The smallest absolute Gasteiger partial charge is 0.259 e. The van der Waals surface area contributed by atoms with Gasteiger partial charge in [-0.2, -0.15) is 0 Å². The Balaban J connectivity index is 1.75. The van der Waals surface area contributed by atoms with Crippen LogP contribution in [0.4, 0.5) is 5.69 Å². The van der Waals surface area contributed by atoms with Gasteiger partial charge >= 0.3 is 0 Å². The number of nitrogens with zero attached hydrogens (tertiary/aromatic N) is 2. The van der Waals surface area contributed by atoms with Crippen LogP contribution in [0, 0.1) is 20.8 Å². The molecule has 170 valence electrons. The second-order valence-corrected chi connectivity index (χ2v) is 8.51. The molecule has 0 aliphatic carbocycles. The lowest BCUT2D eigenvalue weighted by atomic mass is 10.0. The van der Waals surface area contributed by atoms with Gasteiger partial charge in [-0.15, -0.1) is 0 Å². The number of aromatic nitrogens is 2. The highest BCUT2D eigenvalue weighted by Crippen LogP contribution is 2.31. The highest BCUT2D eigenvalue weighted by Gasteiger charge is 2.22. The van der Waals surface area contributed by atoms with E-state index in [4.69, 9.17) is 20.5 Å². The number of hydrogen-bond donors (Lipinski definition) is 2. The first-order valence-electron chi connectivity index (χ1n) is 10.4. The molecule has 4 rings (SSSR count). The fourth-order valence-corrected chi connectivity index (χ4v) is 3.76. The predicted molar refractivity (Wildman–Crippen MR) is 126 cm³/mol. The Kier molecular flexibility index (Phi) is 5.95. The monoisotopic (exact) mass is 466 g/mol. The molecule has 0 radical (unpaired) electrons. The molecule has 0 aliphatic heterocycles. The maximum Gasteiger partial charge on any atom is 0.259 e. The van der Waals surface area contributed by atoms with E-state index in [1.165, 1.54) is 0 Å². The van der Waals surface area contributed by atoms with Crippen molar-refractivity contribution in [3.8, 4) is 11.3 Å². The first kappa shape index (κ1) is 22.5. The van der Waals surface area contributed by atoms with Crippen LogP contribution in [-0.4, -0.2) is 28.0 Å². The lowest BCUT2D eigenvalue weighted by molar-refractivity contribution is 0.0942. The van der Waals surface area contributed by atoms with Crippen LogP contribution in [0.25, 0.3) is 22.4 Å². The van der Waals surface area contributed by atoms with Crippen molar-refractivity contribution in [1.82, 2.24) is 15.5 Å². The minimum Gasteiger partial charge on any atom is -0.466 e. The molecule has 0 aliphatic rings. The standard InChI is InChI=1S/C24H23ClN4O4/c1-11(2)26-22(30)15-6-7-18(25)20(9-15)27-23(31)17-10-19(16-8-12(3)32-14(16)5)28-24-21(17)13(4)29-33-24/h6-11H,1-5H3,(H,26,30)(H,27,31). The third-order valence-electron chi connectivity index (χ3n) is 5.08. The predicted octanol–water partition coefficient (Wildman–Crippen LogP) is 5.45. The maximum absolute atomic E-state index is 13.4. The molecule has 0 saturated carbocycles. The molecule has 2 amide bonds. The molecule has 0 spiro atoms. The van der Waals surface area contributed by atoms with Crippen molar-refractivity contribution < 1.29 is 18.5 Å². The second kappa shape index (κ2) is 8.71. The summed E-state index contributed by atoms with van der Waals surface area (Å²) in [6.45, 7) is 9.14. The molecule has 0 unspecified atom stereocenters. The van der Waals surface area contributed by atoms with Gasteiger partial charge in [-0.1, -0.05) is 16.8 Å². The van der Waals surface area contributed by atoms with Crippen LogP contribution in [0.1, 0.15) is 51.8 Å². The molecular formula is C24H23ClN4O4. The zero-order valence-corrected chi connectivity index (χ0v) is 19.6. The minimum absolute atomic E-state index is 0.0266. The Morgan fingerprint density at radius 1 is 1.06 bits per heavy atom. The molecule has 3 heterocycles. The Morgan fingerprint density at radius 3 is 2.48 bits per heavy atom. The molecule has 3 aromatic heterocycles. The van der Waals surface area contributed by atoms with Crippen molar-refractivity contribution in [2.24, 2.45) is 0 Å². The van der Waals surface area contributed by atoms with Gasteiger partial charge in [-0.25, -0.2) is 4.98 Å². The summed E-state index contributed by atoms with van der Waals surface area (Å²) in [7, 11) is 0. The van der Waals surface area contributed by atoms with Gasteiger partial charge in [-0.05, 0) is 65.0 Å². The normalized spacial score (nSPS) is 11.2. The number of anilines is 1. The van der Waals surface area contributed by atoms with E-state index in [1.807, 2.05) is 33.8 Å². The average Bonchev–Trinajstić information content (AvgIpc) is 3.29. The van der Waals surface area contributed by atoms with E-state index in [2.05, 4.69) is 20.8 Å². The fourth-order valence-electron chi connectivity index (χ4n) is 3.59. The van der Waals surface area contributed by atoms with Gasteiger partial charge < -0.3 is 19.6 Å². The highest BCUT2D eigenvalue weighted by molar-refractivity contribution is 6.34. The molecular weight excluding hydrogens is 444 g/mol. The molecule has 1 aromatic carbocycles. The second-order valence-electron chi connectivity index (χ2n) is 8.11. The van der Waals surface area contributed by atoms with E-state index in [0.29, 0.717) is 44.4 Å². The summed E-state index contributed by atoms with van der Waals surface area (Å²) in [4.78, 5) is 30.3. The number of rotatable bonds is 5. The minimum atomic E-state index is -0.434. The molecule has 9 heteroatoms. The summed E-state index contributed by atoms with van der Waals surface area (Å²) in [5, 5.41) is 10.4. The highest BCUT2D eigenvalue weighted by atomic mass is 35.5. The van der Waals surface area contributed by atoms with Gasteiger partial charge in [0.25, 0.3) is 17.5 Å². The van der Waals surface area contributed by atoms with Crippen LogP contribution < -0.4 is 10.6 Å². The van der Waals surface area contributed by atoms with Crippen LogP contribution in [-0.2, 0) is 0 Å². The van der Waals surface area contributed by atoms with Gasteiger partial charge in [0.05, 0.1) is 33.0 Å². The van der Waals surface area contributed by atoms with Crippen molar-refractivity contribution in [2.45, 2.75) is 40.7 Å². The van der Waals surface area contributed by atoms with Gasteiger partial charge in [0.15, 0.2) is 0 Å². The van der Waals surface area contributed by atoms with E-state index in [0.717, 1.165) is 11.3 Å². The van der Waals surface area contributed by atoms with Crippen molar-refractivity contribution >= 4 is 40.2 Å². The summed E-state index contributed by atoms with van der Waals surface area (Å²) in [6.07, 6.45) is 0. The van der Waals surface area contributed by atoms with Crippen LogP contribution >= 0.6 is 11.6 Å². The van der Waals surface area contributed by atoms with Crippen LogP contribution in [0.3, 0.4) is 0 Å². The number of amides is 2. The van der Waals surface area contributed by atoms with E-state index in [9.17, 15) is 9.59 Å². The fraction of sp³-hybridized carbons (Fsp3) is 0.250. The number of carbonyl (C=O) groups is 2. The summed E-state index contributed by atoms with van der Waals surface area (Å²) < 4.78 is 11.0. The van der Waals surface area contributed by atoms with E-state index in [1.54, 1.807) is 31.2 Å². The number of aryl methyl sites for hydroxylation is 3. The molecule has 0 saturated heterocycles. The topological polar surface area (TPSA) is 110 Å². The Labute approximate surface area is 195 Å². The van der Waals surface area contributed by atoms with Gasteiger partial charge in [-0.3, -0.25) is 9.59 Å². The Bertz CT molecular complexity index is 1390. The quantitative estimate of drug-likeness (QED) is 0.404. The lowest BCUT2D eigenvalue weighted by Crippen LogP contribution is -2.30. The van der Waals surface area contributed by atoms with Gasteiger partial charge in [0.2, 0.25) is 0 Å². The number of hydrogen-bond acceptors (Lipinski definition) is 6. The first-order valence-corrected chi connectivity index (χ1v) is 10.8. The molecule has 4 aromatic rings. The summed E-state index contributed by atoms with van der Waals surface area (Å²) in [5.41, 5.74) is 3.07. The van der Waals surface area contributed by atoms with E-state index >= 15 is 0 Å². The van der Waals surface area contributed by atoms with Crippen molar-refractivity contribution in [3.05, 3.63) is 63.7 Å². The Morgan fingerprint density at radius 2 is 1.82 bits per heavy atom. The molecule has 2 N–H and O–H groups in total. The number of halogens is 1. The van der Waals surface area contributed by atoms with Crippen molar-refractivity contribution in [3.63, 3.8) is 0 Å². The molecule has 0 bridgehead atoms. The summed E-state index contributed by atoms with van der Waals surface area (Å²) in [6, 6.07) is 8.21. The van der Waals surface area contributed by atoms with E-state index < -0.39 is 5.91 Å². The van der Waals surface area contributed by atoms with Crippen LogP contribution in [0.5, 0.6) is 0 Å². The number of furan rings is 1. The Hall–Kier alpha value is -3.65. The summed E-state index contributed by atoms with van der Waals surface area (Å²) in [5.74, 6) is 0.712. The number of nitrogens with one attached hydrogen (secondary N) is 2. The van der Waals surface area contributed by atoms with Crippen molar-refractivity contribution in [1.29, 1.82) is 0 Å². The molecule has 0 fully saturated rings. The SMILES string of the molecule is Cc1cc(-c2cc(C(=O)Nc3cc(C(=O)NC(C)C)ccc3Cl)c3c(C)noc3n2)c(C)o1. The number of fused-ring (bicyclic) bond motifs is 1.